The van der Waals surface area contributed by atoms with E-state index < -0.39 is 6.10 Å². The molecule has 0 spiro atoms. The molecule has 0 amide bonds. The van der Waals surface area contributed by atoms with Crippen LogP contribution in [0.5, 0.6) is 5.75 Å². The first-order valence-electron chi connectivity index (χ1n) is 6.15. The molecular weight excluding hydrogens is 305 g/mol. The number of hydrogen-bond donors (Lipinski definition) is 2. The fourth-order valence-corrected chi connectivity index (χ4v) is 1.66. The van der Waals surface area contributed by atoms with Gasteiger partial charge in [-0.1, -0.05) is 23.2 Å². The highest BCUT2D eigenvalue weighted by molar-refractivity contribution is 6.42. The minimum absolute atomic E-state index is 0.0532. The van der Waals surface area contributed by atoms with Crippen molar-refractivity contribution in [2.45, 2.75) is 13.0 Å². The Balaban J connectivity index is 2.24. The summed E-state index contributed by atoms with van der Waals surface area (Å²) in [7, 11) is 0. The molecule has 0 radical (unpaired) electrons. The van der Waals surface area contributed by atoms with E-state index in [1.807, 2.05) is 0 Å². The molecule has 0 saturated heterocycles. The fraction of sp³-hybridized carbons (Fsp3) is 0.462. The van der Waals surface area contributed by atoms with Crippen LogP contribution in [0, 0.1) is 0 Å². The van der Waals surface area contributed by atoms with Crippen LogP contribution >= 0.6 is 23.2 Å². The van der Waals surface area contributed by atoms with Crippen molar-refractivity contribution in [1.29, 1.82) is 0 Å². The average Bonchev–Trinajstić information content (AvgIpc) is 2.40. The molecule has 2 N–H and O–H groups in total. The molecule has 0 fully saturated rings. The van der Waals surface area contributed by atoms with Crippen LogP contribution in [0.4, 0.5) is 0 Å². The zero-order valence-corrected chi connectivity index (χ0v) is 12.6. The topological polar surface area (TPSA) is 67.8 Å². The number of carbonyl (C=O) groups is 1. The van der Waals surface area contributed by atoms with Gasteiger partial charge in [-0.2, -0.15) is 0 Å². The summed E-state index contributed by atoms with van der Waals surface area (Å²) in [6, 6.07) is 4.85. The van der Waals surface area contributed by atoms with Crippen molar-refractivity contribution in [3.63, 3.8) is 0 Å². The van der Waals surface area contributed by atoms with E-state index in [0.29, 0.717) is 22.4 Å². The van der Waals surface area contributed by atoms with E-state index in [-0.39, 0.29) is 25.7 Å². The smallest absolute Gasteiger partial charge is 0.319 e. The largest absolute Gasteiger partial charge is 0.491 e. The van der Waals surface area contributed by atoms with Gasteiger partial charge in [-0.05, 0) is 19.1 Å². The van der Waals surface area contributed by atoms with Gasteiger partial charge in [-0.25, -0.2) is 0 Å². The summed E-state index contributed by atoms with van der Waals surface area (Å²) in [5, 5.41) is 13.3. The van der Waals surface area contributed by atoms with E-state index in [2.05, 4.69) is 5.32 Å². The predicted octanol–water partition coefficient (Wildman–Crippen LogP) is 1.89. The molecule has 7 heteroatoms. The Hall–Kier alpha value is -1.01. The summed E-state index contributed by atoms with van der Waals surface area (Å²) >= 11 is 11.6. The third kappa shape index (κ3) is 6.43. The van der Waals surface area contributed by atoms with Crippen molar-refractivity contribution in [3.8, 4) is 5.75 Å². The lowest BCUT2D eigenvalue weighted by molar-refractivity contribution is -0.142. The van der Waals surface area contributed by atoms with Crippen molar-refractivity contribution < 1.29 is 19.4 Å². The van der Waals surface area contributed by atoms with Gasteiger partial charge >= 0.3 is 5.97 Å². The predicted molar refractivity (Wildman–Crippen MR) is 77.5 cm³/mol. The van der Waals surface area contributed by atoms with E-state index in [4.69, 9.17) is 32.7 Å². The Morgan fingerprint density at radius 2 is 2.15 bits per heavy atom. The standard InChI is InChI=1S/C13H17Cl2NO4/c1-2-19-13(18)7-16-6-9(17)8-20-10-3-4-11(14)12(15)5-10/h3-5,9,16-17H,2,6-8H2,1H3. The molecule has 0 aliphatic heterocycles. The molecular formula is C13H17Cl2NO4. The third-order valence-corrected chi connectivity index (χ3v) is 3.03. The molecule has 0 aromatic heterocycles. The lowest BCUT2D eigenvalue weighted by atomic mass is 10.3. The number of ether oxygens (including phenoxy) is 2. The van der Waals surface area contributed by atoms with Gasteiger partial charge in [0, 0.05) is 12.6 Å². The minimum atomic E-state index is -0.751. The number of aliphatic hydroxyl groups is 1. The van der Waals surface area contributed by atoms with Crippen molar-refractivity contribution in [3.05, 3.63) is 28.2 Å². The summed E-state index contributed by atoms with van der Waals surface area (Å²) in [6.45, 7) is 2.42. The number of carbonyl (C=O) groups excluding carboxylic acids is 1. The summed E-state index contributed by atoms with van der Waals surface area (Å²) < 4.78 is 10.1. The van der Waals surface area contributed by atoms with Crippen LogP contribution in [0.15, 0.2) is 18.2 Å². The highest BCUT2D eigenvalue weighted by Gasteiger charge is 2.08. The van der Waals surface area contributed by atoms with Crippen molar-refractivity contribution >= 4 is 29.2 Å². The first-order valence-corrected chi connectivity index (χ1v) is 6.90. The zero-order valence-electron chi connectivity index (χ0n) is 11.1. The SMILES string of the molecule is CCOC(=O)CNCC(O)COc1ccc(Cl)c(Cl)c1. The second-order valence-corrected chi connectivity index (χ2v) is 4.79. The highest BCUT2D eigenvalue weighted by atomic mass is 35.5. The number of halogens is 2. The Labute approximate surface area is 127 Å². The Kier molecular flexibility index (Phi) is 7.69. The maximum atomic E-state index is 11.0. The first-order chi connectivity index (χ1) is 9.52. The number of rotatable bonds is 8. The monoisotopic (exact) mass is 321 g/mol. The third-order valence-electron chi connectivity index (χ3n) is 2.29. The van der Waals surface area contributed by atoms with Crippen LogP contribution in [0.25, 0.3) is 0 Å². The molecule has 0 aliphatic carbocycles. The highest BCUT2D eigenvalue weighted by Crippen LogP contribution is 2.26. The Morgan fingerprint density at radius 3 is 2.80 bits per heavy atom. The van der Waals surface area contributed by atoms with Gasteiger partial charge in [-0.15, -0.1) is 0 Å². The number of aliphatic hydroxyl groups excluding tert-OH is 1. The normalized spacial score (nSPS) is 12.0. The van der Waals surface area contributed by atoms with Gasteiger partial charge in [0.1, 0.15) is 18.5 Å². The van der Waals surface area contributed by atoms with Gasteiger partial charge in [0.15, 0.2) is 0 Å². The lowest BCUT2D eigenvalue weighted by Gasteiger charge is -2.13. The fourth-order valence-electron chi connectivity index (χ4n) is 1.37. The molecule has 1 rings (SSSR count). The molecule has 0 aliphatic rings. The van der Waals surface area contributed by atoms with Crippen LogP contribution in [0.3, 0.4) is 0 Å². The molecule has 1 aromatic carbocycles. The Morgan fingerprint density at radius 1 is 1.40 bits per heavy atom. The van der Waals surface area contributed by atoms with Crippen LogP contribution < -0.4 is 10.1 Å². The quantitative estimate of drug-likeness (QED) is 0.716. The summed E-state index contributed by atoms with van der Waals surface area (Å²) in [4.78, 5) is 11.0. The second kappa shape index (κ2) is 9.02. The maximum Gasteiger partial charge on any atom is 0.319 e. The van der Waals surface area contributed by atoms with Gasteiger partial charge in [0.05, 0.1) is 23.2 Å². The molecule has 112 valence electrons. The van der Waals surface area contributed by atoms with Gasteiger partial charge in [0.2, 0.25) is 0 Å². The molecule has 1 unspecified atom stereocenters. The van der Waals surface area contributed by atoms with Gasteiger partial charge in [0.25, 0.3) is 0 Å². The molecule has 20 heavy (non-hydrogen) atoms. The molecule has 1 aromatic rings. The summed E-state index contributed by atoms with van der Waals surface area (Å²) in [6.07, 6.45) is -0.751. The van der Waals surface area contributed by atoms with Crippen LogP contribution in [-0.2, 0) is 9.53 Å². The number of hydrogen-bond acceptors (Lipinski definition) is 5. The molecule has 5 nitrogen and oxygen atoms in total. The lowest BCUT2D eigenvalue weighted by Crippen LogP contribution is -2.35. The van der Waals surface area contributed by atoms with Crippen molar-refractivity contribution in [1.82, 2.24) is 5.32 Å². The van der Waals surface area contributed by atoms with E-state index in [9.17, 15) is 9.90 Å². The number of benzene rings is 1. The van der Waals surface area contributed by atoms with Crippen LogP contribution in [-0.4, -0.2) is 43.5 Å². The van der Waals surface area contributed by atoms with Crippen molar-refractivity contribution in [2.24, 2.45) is 0 Å². The second-order valence-electron chi connectivity index (χ2n) is 3.98. The van der Waals surface area contributed by atoms with E-state index in [1.165, 1.54) is 0 Å². The number of nitrogens with one attached hydrogen (secondary N) is 1. The van der Waals surface area contributed by atoms with Gasteiger partial charge in [-0.3, -0.25) is 4.79 Å². The van der Waals surface area contributed by atoms with E-state index in [1.54, 1.807) is 25.1 Å². The van der Waals surface area contributed by atoms with Crippen LogP contribution in [0.2, 0.25) is 10.0 Å². The molecule has 0 heterocycles. The molecule has 0 saturated carbocycles. The molecule has 1 atom stereocenters. The Bertz CT molecular complexity index is 442. The number of esters is 1. The van der Waals surface area contributed by atoms with Crippen LogP contribution in [0.1, 0.15) is 6.92 Å². The first kappa shape index (κ1) is 17.0. The summed E-state index contributed by atoms with van der Waals surface area (Å²) in [5.41, 5.74) is 0. The molecule has 0 bridgehead atoms. The van der Waals surface area contributed by atoms with Crippen molar-refractivity contribution in [2.75, 3.05) is 26.3 Å². The summed E-state index contributed by atoms with van der Waals surface area (Å²) in [5.74, 6) is 0.161. The minimum Gasteiger partial charge on any atom is -0.491 e. The van der Waals surface area contributed by atoms with E-state index in [0.717, 1.165) is 0 Å². The zero-order chi connectivity index (χ0) is 15.0. The maximum absolute atomic E-state index is 11.0. The van der Waals surface area contributed by atoms with Gasteiger partial charge < -0.3 is 19.9 Å². The van der Waals surface area contributed by atoms with E-state index >= 15 is 0 Å². The average molecular weight is 322 g/mol.